The molecule has 29 heavy (non-hydrogen) atoms. The average molecular weight is 402 g/mol. The molecule has 0 aromatic heterocycles. The Kier molecular flexibility index (Phi) is 6.54. The topological polar surface area (TPSA) is 94.9 Å². The number of anilines is 2. The summed E-state index contributed by atoms with van der Waals surface area (Å²) in [5.74, 6) is -0.420. The molecule has 0 aliphatic carbocycles. The molecule has 2 aliphatic rings. The maximum atomic E-state index is 14.7. The molecule has 1 aromatic carbocycles. The predicted molar refractivity (Wildman–Crippen MR) is 104 cm³/mol. The third-order valence-electron chi connectivity index (χ3n) is 4.88. The van der Waals surface area contributed by atoms with Crippen molar-refractivity contribution in [1.82, 2.24) is 5.32 Å². The highest BCUT2D eigenvalue weighted by Gasteiger charge is 2.33. The Morgan fingerprint density at radius 2 is 2.21 bits per heavy atom. The van der Waals surface area contributed by atoms with Crippen LogP contribution in [0.15, 0.2) is 29.8 Å². The molecule has 0 saturated carbocycles. The van der Waals surface area contributed by atoms with Crippen LogP contribution in [0.1, 0.15) is 19.8 Å². The number of allylic oxidation sites excluding steroid dienone is 1. The van der Waals surface area contributed by atoms with E-state index in [1.807, 2.05) is 11.0 Å². The van der Waals surface area contributed by atoms with E-state index >= 15 is 0 Å². The SMILES string of the molecule is CCOC(=O)NC[C@H]1CN(c2ccc(N3CCC(=CC#N)CC3)c(F)c2)C(=O)O1. The average Bonchev–Trinajstić information content (AvgIpc) is 3.08. The highest BCUT2D eigenvalue weighted by Crippen LogP contribution is 2.30. The van der Waals surface area contributed by atoms with Gasteiger partial charge in [0.1, 0.15) is 11.9 Å². The maximum Gasteiger partial charge on any atom is 0.414 e. The van der Waals surface area contributed by atoms with Gasteiger partial charge >= 0.3 is 12.2 Å². The normalized spacial score (nSPS) is 18.9. The number of ether oxygens (including phenoxy) is 2. The molecule has 2 aliphatic heterocycles. The largest absolute Gasteiger partial charge is 0.450 e. The van der Waals surface area contributed by atoms with Crippen LogP contribution in [0.2, 0.25) is 0 Å². The monoisotopic (exact) mass is 402 g/mol. The number of benzene rings is 1. The summed E-state index contributed by atoms with van der Waals surface area (Å²) in [5, 5.41) is 11.3. The van der Waals surface area contributed by atoms with E-state index in [9.17, 15) is 14.0 Å². The summed E-state index contributed by atoms with van der Waals surface area (Å²) in [5.41, 5.74) is 1.94. The first-order valence-corrected chi connectivity index (χ1v) is 9.52. The number of carbonyl (C=O) groups is 2. The van der Waals surface area contributed by atoms with Gasteiger partial charge in [0.25, 0.3) is 0 Å². The van der Waals surface area contributed by atoms with Crippen LogP contribution in [0, 0.1) is 17.1 Å². The molecule has 154 valence electrons. The molecule has 0 spiro atoms. The van der Waals surface area contributed by atoms with E-state index in [1.54, 1.807) is 25.1 Å². The standard InChI is InChI=1S/C20H23FN4O4/c1-2-28-19(26)23-12-16-13-25(20(27)29-16)15-3-4-18(17(21)11-15)24-9-6-14(5-8-22)7-10-24/h3-5,11,16H,2,6-7,9-10,12-13H2,1H3,(H,23,26)/t16-/m0/s1. The predicted octanol–water partition coefficient (Wildman–Crippen LogP) is 2.95. The van der Waals surface area contributed by atoms with Crippen LogP contribution in [0.3, 0.4) is 0 Å². The molecule has 0 bridgehead atoms. The van der Waals surface area contributed by atoms with Crippen molar-refractivity contribution in [3.8, 4) is 6.07 Å². The molecule has 8 nitrogen and oxygen atoms in total. The molecule has 2 amide bonds. The smallest absolute Gasteiger partial charge is 0.414 e. The van der Waals surface area contributed by atoms with Gasteiger partial charge in [0.05, 0.1) is 37.1 Å². The molecular weight excluding hydrogens is 379 g/mol. The second-order valence-corrected chi connectivity index (χ2v) is 6.77. The van der Waals surface area contributed by atoms with Gasteiger partial charge in [0, 0.05) is 19.2 Å². The lowest BCUT2D eigenvalue weighted by Gasteiger charge is -2.30. The zero-order valence-electron chi connectivity index (χ0n) is 16.2. The van der Waals surface area contributed by atoms with Crippen LogP contribution in [-0.2, 0) is 9.47 Å². The number of amides is 2. The number of carbonyl (C=O) groups excluding carboxylic acids is 2. The minimum absolute atomic E-state index is 0.119. The van der Waals surface area contributed by atoms with Crippen molar-refractivity contribution < 1.29 is 23.5 Å². The van der Waals surface area contributed by atoms with Crippen LogP contribution in [0.5, 0.6) is 0 Å². The zero-order chi connectivity index (χ0) is 20.8. The van der Waals surface area contributed by atoms with Crippen molar-refractivity contribution >= 4 is 23.6 Å². The Morgan fingerprint density at radius 3 is 2.86 bits per heavy atom. The number of cyclic esters (lactones) is 1. The molecule has 2 heterocycles. The van der Waals surface area contributed by atoms with Gasteiger partial charge in [0.2, 0.25) is 0 Å². The molecule has 1 aromatic rings. The number of hydrogen-bond donors (Lipinski definition) is 1. The quantitative estimate of drug-likeness (QED) is 0.761. The van der Waals surface area contributed by atoms with Gasteiger partial charge in [-0.15, -0.1) is 0 Å². The highest BCUT2D eigenvalue weighted by molar-refractivity contribution is 5.90. The Hall–Kier alpha value is -3.28. The summed E-state index contributed by atoms with van der Waals surface area (Å²) in [4.78, 5) is 26.8. The van der Waals surface area contributed by atoms with Crippen molar-refractivity contribution in [3.63, 3.8) is 0 Å². The molecular formula is C20H23FN4O4. The first kappa shape index (κ1) is 20.5. The lowest BCUT2D eigenvalue weighted by molar-refractivity contribution is 0.127. The molecule has 0 radical (unpaired) electrons. The zero-order valence-corrected chi connectivity index (χ0v) is 16.2. The fourth-order valence-electron chi connectivity index (χ4n) is 3.41. The van der Waals surface area contributed by atoms with Gasteiger partial charge in [-0.1, -0.05) is 5.57 Å². The van der Waals surface area contributed by atoms with E-state index in [0.717, 1.165) is 18.4 Å². The molecule has 9 heteroatoms. The Labute approximate surface area is 168 Å². The number of hydrogen-bond acceptors (Lipinski definition) is 6. The fraction of sp³-hybridized carbons (Fsp3) is 0.450. The van der Waals surface area contributed by atoms with Crippen molar-refractivity contribution in [1.29, 1.82) is 5.26 Å². The summed E-state index contributed by atoms with van der Waals surface area (Å²) >= 11 is 0. The minimum atomic E-state index is -0.586. The highest BCUT2D eigenvalue weighted by atomic mass is 19.1. The van der Waals surface area contributed by atoms with E-state index in [1.165, 1.54) is 11.0 Å². The first-order valence-electron chi connectivity index (χ1n) is 9.52. The Morgan fingerprint density at radius 1 is 1.45 bits per heavy atom. The molecule has 1 N–H and O–H groups in total. The summed E-state index contributed by atoms with van der Waals surface area (Å²) in [7, 11) is 0. The summed E-state index contributed by atoms with van der Waals surface area (Å²) in [6.07, 6.45) is 1.30. The number of halogens is 1. The molecule has 2 saturated heterocycles. The van der Waals surface area contributed by atoms with Crippen LogP contribution in [0.25, 0.3) is 0 Å². The molecule has 1 atom stereocenters. The number of nitrogens with zero attached hydrogens (tertiary/aromatic N) is 3. The number of nitriles is 1. The summed E-state index contributed by atoms with van der Waals surface area (Å²) < 4.78 is 24.7. The number of rotatable bonds is 5. The van der Waals surface area contributed by atoms with E-state index in [2.05, 4.69) is 5.32 Å². The van der Waals surface area contributed by atoms with E-state index in [4.69, 9.17) is 14.7 Å². The number of nitrogens with one attached hydrogen (secondary N) is 1. The van der Waals surface area contributed by atoms with Crippen LogP contribution in [-0.4, -0.2) is 51.1 Å². The summed E-state index contributed by atoms with van der Waals surface area (Å²) in [6, 6.07) is 6.69. The summed E-state index contributed by atoms with van der Waals surface area (Å²) in [6.45, 7) is 3.54. The molecule has 3 rings (SSSR count). The number of piperidine rings is 1. The fourth-order valence-corrected chi connectivity index (χ4v) is 3.41. The van der Waals surface area contributed by atoms with Crippen LogP contribution >= 0.6 is 0 Å². The van der Waals surface area contributed by atoms with Crippen molar-refractivity contribution in [2.24, 2.45) is 0 Å². The third-order valence-corrected chi connectivity index (χ3v) is 4.88. The lowest BCUT2D eigenvalue weighted by atomic mass is 10.0. The lowest BCUT2D eigenvalue weighted by Crippen LogP contribution is -2.35. The maximum absolute atomic E-state index is 14.7. The van der Waals surface area contributed by atoms with Crippen molar-refractivity contribution in [2.75, 3.05) is 42.6 Å². The minimum Gasteiger partial charge on any atom is -0.450 e. The first-order chi connectivity index (χ1) is 14.0. The van der Waals surface area contributed by atoms with Gasteiger partial charge in [0.15, 0.2) is 0 Å². The van der Waals surface area contributed by atoms with E-state index < -0.39 is 24.1 Å². The second-order valence-electron chi connectivity index (χ2n) is 6.77. The third kappa shape index (κ3) is 4.96. The van der Waals surface area contributed by atoms with E-state index in [0.29, 0.717) is 24.5 Å². The Bertz CT molecular complexity index is 841. The Balaban J connectivity index is 1.61. The molecule has 2 fully saturated rings. The van der Waals surface area contributed by atoms with Crippen molar-refractivity contribution in [2.45, 2.75) is 25.9 Å². The van der Waals surface area contributed by atoms with Crippen LogP contribution < -0.4 is 15.1 Å². The van der Waals surface area contributed by atoms with Crippen molar-refractivity contribution in [3.05, 3.63) is 35.7 Å². The van der Waals surface area contributed by atoms with Gasteiger partial charge < -0.3 is 19.7 Å². The van der Waals surface area contributed by atoms with Gasteiger partial charge in [-0.2, -0.15) is 5.26 Å². The van der Waals surface area contributed by atoms with Gasteiger partial charge in [-0.25, -0.2) is 14.0 Å². The van der Waals surface area contributed by atoms with Gasteiger partial charge in [-0.05, 0) is 38.0 Å². The van der Waals surface area contributed by atoms with E-state index in [-0.39, 0.29) is 19.7 Å². The molecule has 0 unspecified atom stereocenters. The number of alkyl carbamates (subject to hydrolysis) is 1. The van der Waals surface area contributed by atoms with Crippen LogP contribution in [0.4, 0.5) is 25.4 Å². The second kappa shape index (κ2) is 9.28. The van der Waals surface area contributed by atoms with Gasteiger partial charge in [-0.3, -0.25) is 4.90 Å².